The molecule has 0 aromatic carbocycles. The van der Waals surface area contributed by atoms with Crippen LogP contribution >= 0.6 is 0 Å². The topological polar surface area (TPSA) is 38.8 Å². The van der Waals surface area contributed by atoms with Gasteiger partial charge in [-0.1, -0.05) is 39.5 Å². The van der Waals surface area contributed by atoms with Crippen molar-refractivity contribution in [3.8, 4) is 0 Å². The van der Waals surface area contributed by atoms with E-state index in [0.717, 1.165) is 32.3 Å². The minimum Gasteiger partial charge on any atom is -0.459 e. The van der Waals surface area contributed by atoms with Crippen molar-refractivity contribution in [1.82, 2.24) is 0 Å². The van der Waals surface area contributed by atoms with Crippen molar-refractivity contribution in [3.05, 3.63) is 0 Å². The lowest BCUT2D eigenvalue weighted by Crippen LogP contribution is -2.23. The highest BCUT2D eigenvalue weighted by molar-refractivity contribution is 5.69. The molecule has 1 fully saturated rings. The highest BCUT2D eigenvalue weighted by atomic mass is 16.6. The largest absolute Gasteiger partial charge is 0.459 e. The van der Waals surface area contributed by atoms with E-state index in [4.69, 9.17) is 9.47 Å². The maximum absolute atomic E-state index is 11.5. The fraction of sp³-hybridized carbons (Fsp3) is 0.923. The van der Waals surface area contributed by atoms with Crippen molar-refractivity contribution in [2.45, 2.75) is 71.0 Å². The number of hydrogen-bond donors (Lipinski definition) is 0. The summed E-state index contributed by atoms with van der Waals surface area (Å²) < 4.78 is 10.6. The molecule has 0 aromatic heterocycles. The molecule has 0 aromatic rings. The van der Waals surface area contributed by atoms with Crippen LogP contribution in [0.1, 0.15) is 58.8 Å². The predicted octanol–water partition coefficient (Wildman–Crippen LogP) is 3.07. The minimum atomic E-state index is -0.0509. The lowest BCUT2D eigenvalue weighted by atomic mass is 10.1. The van der Waals surface area contributed by atoms with Crippen LogP contribution in [0.4, 0.5) is 0 Å². The van der Waals surface area contributed by atoms with E-state index in [1.807, 2.05) is 0 Å². The minimum absolute atomic E-state index is 0.00340. The second kappa shape index (κ2) is 7.66. The second-order valence-electron chi connectivity index (χ2n) is 4.50. The van der Waals surface area contributed by atoms with Gasteiger partial charge in [-0.15, -0.1) is 0 Å². The Morgan fingerprint density at radius 3 is 2.62 bits per heavy atom. The Balaban J connectivity index is 2.10. The Bertz CT molecular complexity index is 199. The quantitative estimate of drug-likeness (QED) is 0.346. The molecule has 3 nitrogen and oxygen atoms in total. The standard InChI is InChI=1S/C13H24O3/c1-3-5-6-7-9-13(14)16-11(8-4-2)12-10-15-12/h11-12H,3-10H2,1-2H3. The van der Waals surface area contributed by atoms with Crippen molar-refractivity contribution in [2.75, 3.05) is 6.61 Å². The van der Waals surface area contributed by atoms with Crippen LogP contribution in [-0.2, 0) is 14.3 Å². The molecule has 0 spiro atoms. The van der Waals surface area contributed by atoms with Crippen molar-refractivity contribution < 1.29 is 14.3 Å². The first-order valence-electron chi connectivity index (χ1n) is 6.59. The number of carbonyl (C=O) groups excluding carboxylic acids is 1. The first kappa shape index (κ1) is 13.5. The van der Waals surface area contributed by atoms with Crippen LogP contribution in [0.25, 0.3) is 0 Å². The summed E-state index contributed by atoms with van der Waals surface area (Å²) in [5.41, 5.74) is 0. The van der Waals surface area contributed by atoms with Crippen LogP contribution in [0.5, 0.6) is 0 Å². The molecule has 94 valence electrons. The van der Waals surface area contributed by atoms with Gasteiger partial charge in [-0.2, -0.15) is 0 Å². The van der Waals surface area contributed by atoms with Crippen molar-refractivity contribution >= 4 is 5.97 Å². The van der Waals surface area contributed by atoms with Crippen LogP contribution in [0, 0.1) is 0 Å². The van der Waals surface area contributed by atoms with E-state index >= 15 is 0 Å². The molecule has 2 unspecified atom stereocenters. The fourth-order valence-corrected chi connectivity index (χ4v) is 1.80. The van der Waals surface area contributed by atoms with Gasteiger partial charge in [0.15, 0.2) is 0 Å². The number of carbonyl (C=O) groups is 1. The van der Waals surface area contributed by atoms with Crippen molar-refractivity contribution in [3.63, 3.8) is 0 Å². The number of rotatable bonds is 9. The molecule has 1 heterocycles. The summed E-state index contributed by atoms with van der Waals surface area (Å²) in [6.45, 7) is 5.03. The zero-order valence-electron chi connectivity index (χ0n) is 10.5. The van der Waals surface area contributed by atoms with Crippen LogP contribution in [0.3, 0.4) is 0 Å². The third-order valence-electron chi connectivity index (χ3n) is 2.86. The summed E-state index contributed by atoms with van der Waals surface area (Å²) in [7, 11) is 0. The monoisotopic (exact) mass is 228 g/mol. The van der Waals surface area contributed by atoms with Gasteiger partial charge in [0, 0.05) is 6.42 Å². The molecule has 3 heteroatoms. The highest BCUT2D eigenvalue weighted by Gasteiger charge is 2.34. The molecule has 0 bridgehead atoms. The molecule has 2 atom stereocenters. The molecule has 16 heavy (non-hydrogen) atoms. The number of ether oxygens (including phenoxy) is 2. The highest BCUT2D eigenvalue weighted by Crippen LogP contribution is 2.21. The normalized spacial score (nSPS) is 20.5. The molecular weight excluding hydrogens is 204 g/mol. The lowest BCUT2D eigenvalue weighted by Gasteiger charge is -2.14. The zero-order valence-corrected chi connectivity index (χ0v) is 10.5. The SMILES string of the molecule is CCCCCCC(=O)OC(CCC)C1CO1. The van der Waals surface area contributed by atoms with Crippen LogP contribution in [-0.4, -0.2) is 24.8 Å². The van der Waals surface area contributed by atoms with E-state index in [2.05, 4.69) is 13.8 Å². The molecule has 1 rings (SSSR count). The maximum Gasteiger partial charge on any atom is 0.306 e. The maximum atomic E-state index is 11.5. The molecule has 0 saturated carbocycles. The third-order valence-corrected chi connectivity index (χ3v) is 2.86. The summed E-state index contributed by atoms with van der Waals surface area (Å²) in [6, 6.07) is 0. The summed E-state index contributed by atoms with van der Waals surface area (Å²) in [5.74, 6) is -0.0509. The molecule has 0 aliphatic carbocycles. The van der Waals surface area contributed by atoms with Gasteiger partial charge in [0.2, 0.25) is 0 Å². The van der Waals surface area contributed by atoms with E-state index in [0.29, 0.717) is 6.42 Å². The van der Waals surface area contributed by atoms with E-state index in [1.165, 1.54) is 12.8 Å². The van der Waals surface area contributed by atoms with Crippen LogP contribution < -0.4 is 0 Å². The molecule has 1 aliphatic rings. The van der Waals surface area contributed by atoms with E-state index in [1.54, 1.807) is 0 Å². The van der Waals surface area contributed by atoms with Gasteiger partial charge in [-0.3, -0.25) is 4.79 Å². The predicted molar refractivity (Wildman–Crippen MR) is 63.3 cm³/mol. The Morgan fingerprint density at radius 1 is 1.31 bits per heavy atom. The van der Waals surface area contributed by atoms with Crippen molar-refractivity contribution in [2.24, 2.45) is 0 Å². The van der Waals surface area contributed by atoms with Gasteiger partial charge in [0.25, 0.3) is 0 Å². The molecule has 1 saturated heterocycles. The second-order valence-corrected chi connectivity index (χ2v) is 4.50. The average Bonchev–Trinajstić information content (AvgIpc) is 3.07. The summed E-state index contributed by atoms with van der Waals surface area (Å²) in [5, 5.41) is 0. The molecule has 0 N–H and O–H groups in total. The Hall–Kier alpha value is -0.570. The fourth-order valence-electron chi connectivity index (χ4n) is 1.80. The van der Waals surface area contributed by atoms with Crippen LogP contribution in [0.15, 0.2) is 0 Å². The molecule has 0 radical (unpaired) electrons. The smallest absolute Gasteiger partial charge is 0.306 e. The van der Waals surface area contributed by atoms with Crippen molar-refractivity contribution in [1.29, 1.82) is 0 Å². The van der Waals surface area contributed by atoms with Gasteiger partial charge in [0.05, 0.1) is 6.61 Å². The zero-order chi connectivity index (χ0) is 11.8. The van der Waals surface area contributed by atoms with Gasteiger partial charge >= 0.3 is 5.97 Å². The molecule has 0 amide bonds. The van der Waals surface area contributed by atoms with E-state index in [9.17, 15) is 4.79 Å². The number of epoxide rings is 1. The summed E-state index contributed by atoms with van der Waals surface area (Å²) >= 11 is 0. The van der Waals surface area contributed by atoms with Gasteiger partial charge in [-0.25, -0.2) is 0 Å². The van der Waals surface area contributed by atoms with E-state index in [-0.39, 0.29) is 18.2 Å². The van der Waals surface area contributed by atoms with Crippen LogP contribution in [0.2, 0.25) is 0 Å². The Morgan fingerprint density at radius 2 is 2.06 bits per heavy atom. The van der Waals surface area contributed by atoms with Gasteiger partial charge in [-0.05, 0) is 12.8 Å². The number of hydrogen-bond acceptors (Lipinski definition) is 3. The summed E-state index contributed by atoms with van der Waals surface area (Å²) in [6.07, 6.45) is 7.19. The van der Waals surface area contributed by atoms with Gasteiger partial charge < -0.3 is 9.47 Å². The number of unbranched alkanes of at least 4 members (excludes halogenated alkanes) is 3. The summed E-state index contributed by atoms with van der Waals surface area (Å²) in [4.78, 5) is 11.5. The average molecular weight is 228 g/mol. The van der Waals surface area contributed by atoms with E-state index < -0.39 is 0 Å². The Labute approximate surface area is 98.5 Å². The molecular formula is C13H24O3. The molecule has 1 aliphatic heterocycles. The Kier molecular flexibility index (Phi) is 6.46. The first-order valence-corrected chi connectivity index (χ1v) is 6.59. The first-order chi connectivity index (χ1) is 7.77. The third kappa shape index (κ3) is 5.50. The van der Waals surface area contributed by atoms with Gasteiger partial charge in [0.1, 0.15) is 12.2 Å². The lowest BCUT2D eigenvalue weighted by molar-refractivity contribution is -0.150. The number of esters is 1.